The molecule has 0 saturated heterocycles. The summed E-state index contributed by atoms with van der Waals surface area (Å²) < 4.78 is 5.47. The number of ether oxygens (including phenoxy) is 1. The normalized spacial score (nSPS) is 12.6. The number of aliphatic hydroxyl groups is 2. The molecule has 0 bridgehead atoms. The first-order valence-corrected chi connectivity index (χ1v) is 36.1. The lowest BCUT2D eigenvalue weighted by Crippen LogP contribution is -2.45. The SMILES string of the molecule is CCCCC/C=C\CCCCCCCC(=O)OCCCCCCCCCCCCCC/C=C\CCCCCCCCCCCCCCC(=O)NC(CO)C(O)CCCCCCCCCCCCCCCCCCCCCCCC. The fraction of sp³-hybridized carbons (Fsp3) is 0.918. The first-order valence-electron chi connectivity index (χ1n) is 36.1. The molecule has 0 spiro atoms. The largest absolute Gasteiger partial charge is 0.466 e. The summed E-state index contributed by atoms with van der Waals surface area (Å²) in [4.78, 5) is 24.6. The molecular formula is C73H141NO5. The number of nitrogens with one attached hydrogen (secondary N) is 1. The summed E-state index contributed by atoms with van der Waals surface area (Å²) in [5.41, 5.74) is 0. The number of allylic oxidation sites excluding steroid dienone is 4. The Balaban J connectivity index is 3.38. The topological polar surface area (TPSA) is 95.9 Å². The third-order valence-corrected chi connectivity index (χ3v) is 17.0. The van der Waals surface area contributed by atoms with E-state index < -0.39 is 12.1 Å². The van der Waals surface area contributed by atoms with Crippen LogP contribution in [0.2, 0.25) is 0 Å². The summed E-state index contributed by atoms with van der Waals surface area (Å²) >= 11 is 0. The van der Waals surface area contributed by atoms with Crippen LogP contribution in [0.15, 0.2) is 24.3 Å². The van der Waals surface area contributed by atoms with Gasteiger partial charge < -0.3 is 20.3 Å². The van der Waals surface area contributed by atoms with E-state index in [4.69, 9.17) is 4.74 Å². The minimum atomic E-state index is -0.665. The zero-order valence-corrected chi connectivity index (χ0v) is 53.6. The van der Waals surface area contributed by atoms with Gasteiger partial charge in [-0.1, -0.05) is 340 Å². The maximum atomic E-state index is 12.6. The molecule has 0 radical (unpaired) electrons. The Labute approximate surface area is 494 Å². The van der Waals surface area contributed by atoms with Crippen LogP contribution in [0.5, 0.6) is 0 Å². The molecule has 6 nitrogen and oxygen atoms in total. The molecular weight excluding hydrogens is 971 g/mol. The van der Waals surface area contributed by atoms with Gasteiger partial charge >= 0.3 is 5.97 Å². The molecule has 3 N–H and O–H groups in total. The summed E-state index contributed by atoms with van der Waals surface area (Å²) in [6, 6.07) is -0.542. The fourth-order valence-electron chi connectivity index (χ4n) is 11.5. The molecule has 0 aliphatic heterocycles. The Morgan fingerprint density at radius 1 is 0.342 bits per heavy atom. The Morgan fingerprint density at radius 2 is 0.595 bits per heavy atom. The fourth-order valence-corrected chi connectivity index (χ4v) is 11.5. The van der Waals surface area contributed by atoms with Crippen molar-refractivity contribution >= 4 is 11.9 Å². The van der Waals surface area contributed by atoms with Gasteiger partial charge in [0.15, 0.2) is 0 Å². The molecule has 6 heteroatoms. The maximum absolute atomic E-state index is 12.6. The lowest BCUT2D eigenvalue weighted by molar-refractivity contribution is -0.143. The number of hydrogen-bond acceptors (Lipinski definition) is 5. The third kappa shape index (κ3) is 65.4. The first kappa shape index (κ1) is 77.3. The molecule has 468 valence electrons. The lowest BCUT2D eigenvalue weighted by Gasteiger charge is -2.22. The Morgan fingerprint density at radius 3 is 0.924 bits per heavy atom. The van der Waals surface area contributed by atoms with Crippen LogP contribution in [0.4, 0.5) is 0 Å². The van der Waals surface area contributed by atoms with Gasteiger partial charge in [0.05, 0.1) is 25.4 Å². The quantitative estimate of drug-likeness (QED) is 0.0320. The number of esters is 1. The van der Waals surface area contributed by atoms with Gasteiger partial charge in [0, 0.05) is 12.8 Å². The van der Waals surface area contributed by atoms with Crippen LogP contribution in [0.25, 0.3) is 0 Å². The highest BCUT2D eigenvalue weighted by molar-refractivity contribution is 5.76. The highest BCUT2D eigenvalue weighted by atomic mass is 16.5. The average Bonchev–Trinajstić information content (AvgIpc) is 3.45. The molecule has 0 aromatic rings. The van der Waals surface area contributed by atoms with Gasteiger partial charge in [0.1, 0.15) is 0 Å². The molecule has 2 unspecified atom stereocenters. The van der Waals surface area contributed by atoms with Gasteiger partial charge in [-0.2, -0.15) is 0 Å². The summed E-state index contributed by atoms with van der Waals surface area (Å²) in [5, 5.41) is 23.4. The molecule has 0 aromatic carbocycles. The molecule has 0 saturated carbocycles. The van der Waals surface area contributed by atoms with E-state index in [9.17, 15) is 19.8 Å². The van der Waals surface area contributed by atoms with Crippen LogP contribution in [0, 0.1) is 0 Å². The Bertz CT molecular complexity index is 1230. The summed E-state index contributed by atoms with van der Waals surface area (Å²) in [5.74, 6) is -0.0238. The second-order valence-corrected chi connectivity index (χ2v) is 24.9. The molecule has 0 aromatic heterocycles. The van der Waals surface area contributed by atoms with Gasteiger partial charge in [-0.25, -0.2) is 0 Å². The number of hydrogen-bond donors (Lipinski definition) is 3. The molecule has 2 atom stereocenters. The van der Waals surface area contributed by atoms with Crippen LogP contribution in [0.3, 0.4) is 0 Å². The molecule has 79 heavy (non-hydrogen) atoms. The molecule has 0 rings (SSSR count). The average molecular weight is 1110 g/mol. The van der Waals surface area contributed by atoms with Gasteiger partial charge in [0.2, 0.25) is 5.91 Å². The minimum absolute atomic E-state index is 0.00643. The molecule has 0 aliphatic rings. The van der Waals surface area contributed by atoms with Crippen molar-refractivity contribution in [3.63, 3.8) is 0 Å². The van der Waals surface area contributed by atoms with E-state index in [1.54, 1.807) is 0 Å². The van der Waals surface area contributed by atoms with Crippen molar-refractivity contribution in [1.29, 1.82) is 0 Å². The number of rotatable bonds is 68. The molecule has 0 fully saturated rings. The molecule has 1 amide bonds. The van der Waals surface area contributed by atoms with Crippen molar-refractivity contribution in [2.75, 3.05) is 13.2 Å². The highest BCUT2D eigenvalue weighted by Crippen LogP contribution is 2.19. The van der Waals surface area contributed by atoms with E-state index in [0.717, 1.165) is 44.9 Å². The van der Waals surface area contributed by atoms with E-state index in [1.165, 1.54) is 327 Å². The predicted molar refractivity (Wildman–Crippen MR) is 347 cm³/mol. The van der Waals surface area contributed by atoms with Gasteiger partial charge in [-0.3, -0.25) is 9.59 Å². The third-order valence-electron chi connectivity index (χ3n) is 17.0. The summed E-state index contributed by atoms with van der Waals surface area (Å²) in [7, 11) is 0. The van der Waals surface area contributed by atoms with Crippen LogP contribution < -0.4 is 5.32 Å². The second kappa shape index (κ2) is 68.8. The smallest absolute Gasteiger partial charge is 0.305 e. The van der Waals surface area contributed by atoms with E-state index >= 15 is 0 Å². The van der Waals surface area contributed by atoms with Crippen LogP contribution in [-0.2, 0) is 14.3 Å². The second-order valence-electron chi connectivity index (χ2n) is 24.9. The molecule has 0 heterocycles. The van der Waals surface area contributed by atoms with E-state index in [0.29, 0.717) is 25.9 Å². The monoisotopic (exact) mass is 1110 g/mol. The number of amides is 1. The van der Waals surface area contributed by atoms with E-state index in [2.05, 4.69) is 43.5 Å². The number of unbranched alkanes of at least 4 members (excludes halogenated alkanes) is 53. The van der Waals surface area contributed by atoms with Crippen molar-refractivity contribution in [1.82, 2.24) is 5.32 Å². The lowest BCUT2D eigenvalue weighted by atomic mass is 10.0. The Kier molecular flexibility index (Phi) is 67.4. The van der Waals surface area contributed by atoms with Crippen molar-refractivity contribution in [3.05, 3.63) is 24.3 Å². The standard InChI is InChI=1S/C73H141NO5/c1-3-5-7-9-11-13-15-17-18-19-20-21-30-33-36-39-42-45-49-53-57-61-65-71(76)70(69-75)74-72(77)66-62-58-54-50-46-43-40-37-34-31-28-26-24-22-23-25-27-29-32-35-38-41-44-48-52-56-60-64-68-79-73(78)67-63-59-55-51-47-16-14-12-10-8-6-4-2/h12,14,22-23,70-71,75-76H,3-11,13,15-21,24-69H2,1-2H3,(H,74,77)/b14-12-,23-22-. The van der Waals surface area contributed by atoms with Gasteiger partial charge in [-0.05, 0) is 77.0 Å². The number of carbonyl (C=O) groups is 2. The Hall–Kier alpha value is -1.66. The zero-order chi connectivity index (χ0) is 57.1. The van der Waals surface area contributed by atoms with Crippen molar-refractivity contribution in [3.8, 4) is 0 Å². The van der Waals surface area contributed by atoms with Crippen LogP contribution in [0.1, 0.15) is 406 Å². The minimum Gasteiger partial charge on any atom is -0.466 e. The predicted octanol–water partition coefficient (Wildman–Crippen LogP) is 23.3. The summed E-state index contributed by atoms with van der Waals surface area (Å²) in [6.07, 6.45) is 86.6. The van der Waals surface area contributed by atoms with Crippen LogP contribution >= 0.6 is 0 Å². The van der Waals surface area contributed by atoms with E-state index in [-0.39, 0.29) is 18.5 Å². The first-order chi connectivity index (χ1) is 39.0. The van der Waals surface area contributed by atoms with Crippen molar-refractivity contribution in [2.24, 2.45) is 0 Å². The van der Waals surface area contributed by atoms with Crippen molar-refractivity contribution < 1.29 is 24.5 Å². The maximum Gasteiger partial charge on any atom is 0.305 e. The number of carbonyl (C=O) groups excluding carboxylic acids is 2. The van der Waals surface area contributed by atoms with Gasteiger partial charge in [0.25, 0.3) is 0 Å². The summed E-state index contributed by atoms with van der Waals surface area (Å²) in [6.45, 7) is 4.97. The number of aliphatic hydroxyl groups excluding tert-OH is 2. The van der Waals surface area contributed by atoms with Crippen molar-refractivity contribution in [2.45, 2.75) is 418 Å². The van der Waals surface area contributed by atoms with Crippen LogP contribution in [-0.4, -0.2) is 47.4 Å². The van der Waals surface area contributed by atoms with Gasteiger partial charge in [-0.15, -0.1) is 0 Å². The van der Waals surface area contributed by atoms with E-state index in [1.807, 2.05) is 0 Å². The zero-order valence-electron chi connectivity index (χ0n) is 53.6. The molecule has 0 aliphatic carbocycles. The highest BCUT2D eigenvalue weighted by Gasteiger charge is 2.20.